The van der Waals surface area contributed by atoms with Gasteiger partial charge in [0, 0.05) is 18.0 Å². The Hall–Kier alpha value is -1.35. The Balaban J connectivity index is 1.78. The molecule has 0 bridgehead atoms. The lowest BCUT2D eigenvalue weighted by Gasteiger charge is -2.27. The molecule has 1 fully saturated rings. The molecule has 1 aromatic rings. The van der Waals surface area contributed by atoms with Crippen molar-refractivity contribution in [1.29, 1.82) is 0 Å². The zero-order chi connectivity index (χ0) is 15.3. The quantitative estimate of drug-likeness (QED) is 0.773. The molecule has 1 atom stereocenters. The van der Waals surface area contributed by atoms with Crippen LogP contribution in [0.1, 0.15) is 45.1 Å². The predicted molar refractivity (Wildman–Crippen MR) is 86.9 cm³/mol. The molecule has 21 heavy (non-hydrogen) atoms. The average Bonchev–Trinajstić information content (AvgIpc) is 3.30. The molecule has 0 radical (unpaired) electrons. The molecule has 0 saturated heterocycles. The summed E-state index contributed by atoms with van der Waals surface area (Å²) in [5.74, 6) is 0.761. The fraction of sp³-hybridized carbons (Fsp3) is 0.611. The van der Waals surface area contributed by atoms with Crippen molar-refractivity contribution in [2.45, 2.75) is 52.0 Å². The number of aryl methyl sites for hydroxylation is 1. The van der Waals surface area contributed by atoms with E-state index in [0.29, 0.717) is 12.5 Å². The Kier molecular flexibility index (Phi) is 5.40. The third kappa shape index (κ3) is 4.85. The van der Waals surface area contributed by atoms with Crippen molar-refractivity contribution >= 4 is 5.91 Å². The minimum absolute atomic E-state index is 0.151. The standard InChI is InChI=1S/C18H28N2O/c1-18(2,12-6-9-14-7-4-3-5-8-14)17(21)20-16(13-19)15-10-11-15/h3-5,7-8,15-16H,6,9-13,19H2,1-2H3,(H,20,21). The van der Waals surface area contributed by atoms with Crippen LogP contribution in [0.15, 0.2) is 30.3 Å². The van der Waals surface area contributed by atoms with Gasteiger partial charge in [0.2, 0.25) is 5.91 Å². The van der Waals surface area contributed by atoms with E-state index < -0.39 is 0 Å². The van der Waals surface area contributed by atoms with E-state index in [1.807, 2.05) is 19.9 Å². The SMILES string of the molecule is CC(C)(CCCc1ccccc1)C(=O)NC(CN)C1CC1. The van der Waals surface area contributed by atoms with E-state index >= 15 is 0 Å². The van der Waals surface area contributed by atoms with Gasteiger partial charge in [-0.2, -0.15) is 0 Å². The molecule has 1 aromatic carbocycles. The zero-order valence-electron chi connectivity index (χ0n) is 13.3. The third-order valence-corrected chi connectivity index (χ3v) is 4.49. The largest absolute Gasteiger partial charge is 0.351 e. The lowest BCUT2D eigenvalue weighted by molar-refractivity contribution is -0.130. The maximum Gasteiger partial charge on any atom is 0.225 e. The number of carbonyl (C=O) groups is 1. The van der Waals surface area contributed by atoms with Gasteiger partial charge in [-0.15, -0.1) is 0 Å². The maximum atomic E-state index is 12.4. The number of nitrogens with two attached hydrogens (primary N) is 1. The summed E-state index contributed by atoms with van der Waals surface area (Å²) in [7, 11) is 0. The third-order valence-electron chi connectivity index (χ3n) is 4.49. The molecular formula is C18H28N2O. The average molecular weight is 288 g/mol. The summed E-state index contributed by atoms with van der Waals surface area (Å²) in [6.45, 7) is 4.62. The van der Waals surface area contributed by atoms with Gasteiger partial charge in [0.15, 0.2) is 0 Å². The zero-order valence-corrected chi connectivity index (χ0v) is 13.3. The van der Waals surface area contributed by atoms with Crippen molar-refractivity contribution in [1.82, 2.24) is 5.32 Å². The van der Waals surface area contributed by atoms with Crippen LogP contribution in [0.4, 0.5) is 0 Å². The van der Waals surface area contributed by atoms with E-state index in [1.165, 1.54) is 18.4 Å². The lowest BCUT2D eigenvalue weighted by atomic mass is 9.85. The highest BCUT2D eigenvalue weighted by Gasteiger charge is 2.35. The molecule has 0 aliphatic heterocycles. The summed E-state index contributed by atoms with van der Waals surface area (Å²) >= 11 is 0. The van der Waals surface area contributed by atoms with Crippen LogP contribution in [-0.2, 0) is 11.2 Å². The van der Waals surface area contributed by atoms with Crippen LogP contribution in [-0.4, -0.2) is 18.5 Å². The van der Waals surface area contributed by atoms with E-state index in [4.69, 9.17) is 5.73 Å². The van der Waals surface area contributed by atoms with Crippen LogP contribution >= 0.6 is 0 Å². The predicted octanol–water partition coefficient (Wildman–Crippen LogP) is 2.89. The topological polar surface area (TPSA) is 55.1 Å². The van der Waals surface area contributed by atoms with Gasteiger partial charge in [-0.1, -0.05) is 44.2 Å². The van der Waals surface area contributed by atoms with Crippen molar-refractivity contribution in [3.8, 4) is 0 Å². The minimum atomic E-state index is -0.322. The summed E-state index contributed by atoms with van der Waals surface area (Å²) in [5.41, 5.74) is 6.78. The van der Waals surface area contributed by atoms with Crippen molar-refractivity contribution in [2.75, 3.05) is 6.54 Å². The Bertz CT molecular complexity index is 452. The number of rotatable bonds is 8. The molecule has 1 aliphatic rings. The first-order chi connectivity index (χ1) is 10.0. The Labute approximate surface area is 128 Å². The van der Waals surface area contributed by atoms with Crippen molar-refractivity contribution < 1.29 is 4.79 Å². The highest BCUT2D eigenvalue weighted by atomic mass is 16.2. The molecule has 3 heteroatoms. The van der Waals surface area contributed by atoms with Crippen LogP contribution in [0.3, 0.4) is 0 Å². The molecule has 0 heterocycles. The van der Waals surface area contributed by atoms with Gasteiger partial charge in [-0.05, 0) is 43.6 Å². The number of carbonyl (C=O) groups excluding carboxylic acids is 1. The van der Waals surface area contributed by atoms with Gasteiger partial charge in [-0.3, -0.25) is 4.79 Å². The van der Waals surface area contributed by atoms with Gasteiger partial charge in [0.1, 0.15) is 0 Å². The van der Waals surface area contributed by atoms with E-state index in [9.17, 15) is 4.79 Å². The van der Waals surface area contributed by atoms with Crippen LogP contribution in [0.2, 0.25) is 0 Å². The summed E-state index contributed by atoms with van der Waals surface area (Å²) in [6, 6.07) is 10.6. The van der Waals surface area contributed by atoms with Crippen LogP contribution < -0.4 is 11.1 Å². The molecular weight excluding hydrogens is 260 g/mol. The molecule has 1 saturated carbocycles. The van der Waals surface area contributed by atoms with Gasteiger partial charge < -0.3 is 11.1 Å². The summed E-state index contributed by atoms with van der Waals surface area (Å²) in [4.78, 5) is 12.4. The second-order valence-electron chi connectivity index (χ2n) is 6.88. The summed E-state index contributed by atoms with van der Waals surface area (Å²) in [6.07, 6.45) is 5.37. The molecule has 2 rings (SSSR count). The molecule has 3 N–H and O–H groups in total. The molecule has 1 unspecified atom stereocenters. The minimum Gasteiger partial charge on any atom is -0.351 e. The molecule has 0 aromatic heterocycles. The van der Waals surface area contributed by atoms with Crippen LogP contribution in [0, 0.1) is 11.3 Å². The summed E-state index contributed by atoms with van der Waals surface area (Å²) < 4.78 is 0. The first kappa shape index (κ1) is 16.0. The van der Waals surface area contributed by atoms with Crippen molar-refractivity contribution in [3.63, 3.8) is 0 Å². The number of hydrogen-bond donors (Lipinski definition) is 2. The van der Waals surface area contributed by atoms with Crippen LogP contribution in [0.25, 0.3) is 0 Å². The normalized spacial score (nSPS) is 16.5. The first-order valence-corrected chi connectivity index (χ1v) is 8.08. The number of benzene rings is 1. The molecule has 1 aliphatic carbocycles. The number of nitrogens with one attached hydrogen (secondary N) is 1. The van der Waals surface area contributed by atoms with E-state index in [1.54, 1.807) is 0 Å². The summed E-state index contributed by atoms with van der Waals surface area (Å²) in [5, 5.41) is 3.15. The Morgan fingerprint density at radius 3 is 2.57 bits per heavy atom. The van der Waals surface area contributed by atoms with Gasteiger partial charge in [-0.25, -0.2) is 0 Å². The fourth-order valence-corrected chi connectivity index (χ4v) is 2.72. The second-order valence-corrected chi connectivity index (χ2v) is 6.88. The Morgan fingerprint density at radius 2 is 2.00 bits per heavy atom. The highest BCUT2D eigenvalue weighted by molar-refractivity contribution is 5.82. The number of hydrogen-bond acceptors (Lipinski definition) is 2. The lowest BCUT2D eigenvalue weighted by Crippen LogP contribution is -2.47. The van der Waals surface area contributed by atoms with E-state index in [2.05, 4.69) is 29.6 Å². The molecule has 3 nitrogen and oxygen atoms in total. The molecule has 1 amide bonds. The van der Waals surface area contributed by atoms with Crippen molar-refractivity contribution in [2.24, 2.45) is 17.1 Å². The molecule has 116 valence electrons. The molecule has 0 spiro atoms. The van der Waals surface area contributed by atoms with Gasteiger partial charge in [0.05, 0.1) is 0 Å². The van der Waals surface area contributed by atoms with Crippen LogP contribution in [0.5, 0.6) is 0 Å². The van der Waals surface area contributed by atoms with Crippen molar-refractivity contribution in [3.05, 3.63) is 35.9 Å². The monoisotopic (exact) mass is 288 g/mol. The highest BCUT2D eigenvalue weighted by Crippen LogP contribution is 2.33. The number of amides is 1. The van der Waals surface area contributed by atoms with Gasteiger partial charge in [0.25, 0.3) is 0 Å². The van der Waals surface area contributed by atoms with Gasteiger partial charge >= 0.3 is 0 Å². The Morgan fingerprint density at radius 1 is 1.33 bits per heavy atom. The first-order valence-electron chi connectivity index (χ1n) is 8.08. The second kappa shape index (κ2) is 7.08. The van der Waals surface area contributed by atoms with E-state index in [-0.39, 0.29) is 17.4 Å². The fourth-order valence-electron chi connectivity index (χ4n) is 2.72. The maximum absolute atomic E-state index is 12.4. The smallest absolute Gasteiger partial charge is 0.225 e. The van der Waals surface area contributed by atoms with E-state index in [0.717, 1.165) is 19.3 Å².